The summed E-state index contributed by atoms with van der Waals surface area (Å²) in [6.07, 6.45) is 2.59. The summed E-state index contributed by atoms with van der Waals surface area (Å²) < 4.78 is 5.04. The smallest absolute Gasteiger partial charge is 0.0713 e. The largest absolute Gasteiger partial charge is 0.380 e. The summed E-state index contributed by atoms with van der Waals surface area (Å²) in [5.74, 6) is 0.726. The molecule has 2 rings (SSSR count). The van der Waals surface area contributed by atoms with E-state index in [9.17, 15) is 0 Å². The van der Waals surface area contributed by atoms with E-state index < -0.39 is 0 Å². The Balaban J connectivity index is 2.21. The average molecular weight is 197 g/mol. The van der Waals surface area contributed by atoms with Gasteiger partial charge in [-0.3, -0.25) is 0 Å². The van der Waals surface area contributed by atoms with Gasteiger partial charge >= 0.3 is 0 Å². The van der Waals surface area contributed by atoms with E-state index in [2.05, 4.69) is 12.1 Å². The van der Waals surface area contributed by atoms with E-state index in [0.29, 0.717) is 6.61 Å². The number of benzene rings is 1. The topological polar surface area (TPSA) is 9.23 Å². The molecule has 70 valence electrons. The van der Waals surface area contributed by atoms with E-state index in [1.807, 2.05) is 6.07 Å². The maximum absolute atomic E-state index is 6.14. The van der Waals surface area contributed by atoms with Crippen LogP contribution >= 0.6 is 11.6 Å². The highest BCUT2D eigenvalue weighted by Crippen LogP contribution is 2.43. The van der Waals surface area contributed by atoms with Crippen molar-refractivity contribution in [1.82, 2.24) is 0 Å². The summed E-state index contributed by atoms with van der Waals surface area (Å²) in [5.41, 5.74) is 2.46. The van der Waals surface area contributed by atoms with Gasteiger partial charge in [-0.05, 0) is 36.0 Å². The zero-order valence-corrected chi connectivity index (χ0v) is 8.47. The number of hydrogen-bond acceptors (Lipinski definition) is 1. The normalized spacial score (nSPS) is 16.2. The van der Waals surface area contributed by atoms with Crippen molar-refractivity contribution in [1.29, 1.82) is 0 Å². The van der Waals surface area contributed by atoms with E-state index in [-0.39, 0.29) is 0 Å². The second kappa shape index (κ2) is 3.69. The summed E-state index contributed by atoms with van der Waals surface area (Å²) in [6, 6.07) is 6.25. The first-order valence-electron chi connectivity index (χ1n) is 4.58. The van der Waals surface area contributed by atoms with E-state index >= 15 is 0 Å². The molecule has 1 aromatic rings. The van der Waals surface area contributed by atoms with Crippen LogP contribution in [0.15, 0.2) is 18.2 Å². The molecule has 0 amide bonds. The van der Waals surface area contributed by atoms with Crippen molar-refractivity contribution in [2.45, 2.75) is 25.4 Å². The van der Waals surface area contributed by atoms with Crippen LogP contribution in [-0.4, -0.2) is 7.11 Å². The molecule has 2 heteroatoms. The van der Waals surface area contributed by atoms with Crippen LogP contribution in [0.1, 0.15) is 29.9 Å². The molecule has 1 saturated carbocycles. The Hall–Kier alpha value is -0.530. The molecule has 0 unspecified atom stereocenters. The SMILES string of the molecule is COCc1ccc(C2CC2)c(Cl)c1. The predicted molar refractivity (Wildman–Crippen MR) is 54.1 cm³/mol. The van der Waals surface area contributed by atoms with Crippen LogP contribution in [0, 0.1) is 0 Å². The molecule has 0 aromatic heterocycles. The lowest BCUT2D eigenvalue weighted by Crippen LogP contribution is -1.89. The summed E-state index contributed by atoms with van der Waals surface area (Å²) >= 11 is 6.14. The Labute approximate surface area is 83.7 Å². The highest BCUT2D eigenvalue weighted by molar-refractivity contribution is 6.31. The molecule has 13 heavy (non-hydrogen) atoms. The van der Waals surface area contributed by atoms with Crippen molar-refractivity contribution in [2.24, 2.45) is 0 Å². The molecule has 0 heterocycles. The van der Waals surface area contributed by atoms with Gasteiger partial charge in [0.15, 0.2) is 0 Å². The van der Waals surface area contributed by atoms with Crippen molar-refractivity contribution in [3.05, 3.63) is 34.3 Å². The fraction of sp³-hybridized carbons (Fsp3) is 0.455. The monoisotopic (exact) mass is 196 g/mol. The Kier molecular flexibility index (Phi) is 2.56. The van der Waals surface area contributed by atoms with Gasteiger partial charge in [0, 0.05) is 12.1 Å². The molecule has 0 N–H and O–H groups in total. The van der Waals surface area contributed by atoms with Crippen LogP contribution in [0.25, 0.3) is 0 Å². The van der Waals surface area contributed by atoms with E-state index in [0.717, 1.165) is 16.5 Å². The molecule has 0 aliphatic heterocycles. The highest BCUT2D eigenvalue weighted by atomic mass is 35.5. The van der Waals surface area contributed by atoms with Crippen molar-refractivity contribution in [3.8, 4) is 0 Å². The fourth-order valence-corrected chi connectivity index (χ4v) is 1.91. The zero-order valence-electron chi connectivity index (χ0n) is 7.72. The van der Waals surface area contributed by atoms with Crippen molar-refractivity contribution >= 4 is 11.6 Å². The minimum Gasteiger partial charge on any atom is -0.380 e. The molecule has 1 aromatic carbocycles. The average Bonchev–Trinajstić information content (AvgIpc) is 2.88. The number of ether oxygens (including phenoxy) is 1. The number of hydrogen-bond donors (Lipinski definition) is 0. The quantitative estimate of drug-likeness (QED) is 0.721. The molecule has 0 radical (unpaired) electrons. The van der Waals surface area contributed by atoms with Gasteiger partial charge in [-0.25, -0.2) is 0 Å². The maximum atomic E-state index is 6.14. The second-order valence-corrected chi connectivity index (χ2v) is 3.97. The minimum absolute atomic E-state index is 0.644. The fourth-order valence-electron chi connectivity index (χ4n) is 1.55. The number of rotatable bonds is 3. The molecule has 1 fully saturated rings. The summed E-state index contributed by atoms with van der Waals surface area (Å²) in [4.78, 5) is 0. The molecular formula is C11H13ClO. The lowest BCUT2D eigenvalue weighted by atomic mass is 10.1. The first-order valence-corrected chi connectivity index (χ1v) is 4.96. The Morgan fingerprint density at radius 1 is 1.46 bits per heavy atom. The molecule has 0 saturated heterocycles. The second-order valence-electron chi connectivity index (χ2n) is 3.56. The third-order valence-electron chi connectivity index (χ3n) is 2.39. The van der Waals surface area contributed by atoms with Crippen molar-refractivity contribution in [3.63, 3.8) is 0 Å². The first-order chi connectivity index (χ1) is 6.31. The van der Waals surface area contributed by atoms with Crippen LogP contribution in [0.2, 0.25) is 5.02 Å². The van der Waals surface area contributed by atoms with Crippen molar-refractivity contribution in [2.75, 3.05) is 7.11 Å². The molecule has 1 nitrogen and oxygen atoms in total. The van der Waals surface area contributed by atoms with Gasteiger partial charge in [-0.1, -0.05) is 23.7 Å². The summed E-state index contributed by atoms with van der Waals surface area (Å²) in [6.45, 7) is 0.644. The highest BCUT2D eigenvalue weighted by Gasteiger charge is 2.25. The van der Waals surface area contributed by atoms with Crippen molar-refractivity contribution < 1.29 is 4.74 Å². The lowest BCUT2D eigenvalue weighted by molar-refractivity contribution is 0.185. The van der Waals surface area contributed by atoms with E-state index in [4.69, 9.17) is 16.3 Å². The van der Waals surface area contributed by atoms with E-state index in [1.54, 1.807) is 7.11 Å². The van der Waals surface area contributed by atoms with Gasteiger partial charge in [-0.2, -0.15) is 0 Å². The Morgan fingerprint density at radius 2 is 2.23 bits per heavy atom. The molecule has 0 atom stereocenters. The standard InChI is InChI=1S/C11H13ClO/c1-13-7-8-2-5-10(9-3-4-9)11(12)6-8/h2,5-6,9H,3-4,7H2,1H3. The van der Waals surface area contributed by atoms with Gasteiger partial charge < -0.3 is 4.74 Å². The molecular weight excluding hydrogens is 184 g/mol. The first kappa shape index (κ1) is 9.04. The van der Waals surface area contributed by atoms with Crippen LogP contribution in [0.3, 0.4) is 0 Å². The van der Waals surface area contributed by atoms with Crippen LogP contribution < -0.4 is 0 Å². The van der Waals surface area contributed by atoms with Gasteiger partial charge in [0.25, 0.3) is 0 Å². The van der Waals surface area contributed by atoms with Gasteiger partial charge in [-0.15, -0.1) is 0 Å². The van der Waals surface area contributed by atoms with Gasteiger partial charge in [0.05, 0.1) is 6.61 Å². The van der Waals surface area contributed by atoms with Gasteiger partial charge in [0.1, 0.15) is 0 Å². The maximum Gasteiger partial charge on any atom is 0.0713 e. The third-order valence-corrected chi connectivity index (χ3v) is 2.72. The van der Waals surface area contributed by atoms with Gasteiger partial charge in [0.2, 0.25) is 0 Å². The zero-order chi connectivity index (χ0) is 9.26. The Bertz CT molecular complexity index is 305. The number of methoxy groups -OCH3 is 1. The van der Waals surface area contributed by atoms with Crippen LogP contribution in [0.5, 0.6) is 0 Å². The molecule has 0 spiro atoms. The summed E-state index contributed by atoms with van der Waals surface area (Å²) in [5, 5.41) is 0.900. The predicted octanol–water partition coefficient (Wildman–Crippen LogP) is 3.36. The Morgan fingerprint density at radius 3 is 2.77 bits per heavy atom. The van der Waals surface area contributed by atoms with Crippen LogP contribution in [-0.2, 0) is 11.3 Å². The molecule has 0 bridgehead atoms. The molecule has 1 aliphatic rings. The summed E-state index contributed by atoms with van der Waals surface area (Å²) in [7, 11) is 1.70. The number of halogens is 1. The lowest BCUT2D eigenvalue weighted by Gasteiger charge is -2.04. The minimum atomic E-state index is 0.644. The van der Waals surface area contributed by atoms with E-state index in [1.165, 1.54) is 18.4 Å². The molecule has 1 aliphatic carbocycles. The third kappa shape index (κ3) is 2.04. The van der Waals surface area contributed by atoms with Crippen LogP contribution in [0.4, 0.5) is 0 Å².